The van der Waals surface area contributed by atoms with Crippen molar-refractivity contribution in [2.24, 2.45) is 0 Å². The van der Waals surface area contributed by atoms with Gasteiger partial charge < -0.3 is 15.2 Å². The molecule has 2 rings (SSSR count). The minimum atomic E-state index is -3.98. The molecule has 1 aromatic rings. The summed E-state index contributed by atoms with van der Waals surface area (Å²) in [4.78, 5) is 17.6. The molecule has 1 saturated heterocycles. The van der Waals surface area contributed by atoms with Gasteiger partial charge in [0.05, 0.1) is 12.3 Å². The lowest BCUT2D eigenvalue weighted by atomic mass is 10.2. The molecule has 2 heterocycles. The molecule has 1 aliphatic rings. The highest BCUT2D eigenvalue weighted by molar-refractivity contribution is 7.89. The van der Waals surface area contributed by atoms with Crippen LogP contribution >= 0.6 is 0 Å². The zero-order chi connectivity index (χ0) is 14.2. The van der Waals surface area contributed by atoms with Gasteiger partial charge in [-0.1, -0.05) is 6.92 Å². The van der Waals surface area contributed by atoms with E-state index in [0.717, 1.165) is 10.5 Å². The fourth-order valence-electron chi connectivity index (χ4n) is 2.05. The van der Waals surface area contributed by atoms with Crippen LogP contribution in [0, 0.1) is 0 Å². The average Bonchev–Trinajstić information content (AvgIpc) is 2.94. The number of aliphatic hydroxyl groups excluding tert-OH is 1. The van der Waals surface area contributed by atoms with Crippen molar-refractivity contribution in [2.45, 2.75) is 36.9 Å². The first-order valence-electron chi connectivity index (χ1n) is 5.82. The lowest BCUT2D eigenvalue weighted by molar-refractivity contribution is -0.140. The summed E-state index contributed by atoms with van der Waals surface area (Å²) in [5.41, 5.74) is 0. The van der Waals surface area contributed by atoms with E-state index < -0.39 is 28.1 Å². The van der Waals surface area contributed by atoms with Gasteiger partial charge in [-0.3, -0.25) is 4.79 Å². The summed E-state index contributed by atoms with van der Waals surface area (Å²) in [6.07, 6.45) is 0.631. The number of H-pyrrole nitrogens is 1. The predicted molar refractivity (Wildman–Crippen MR) is 63.9 cm³/mol. The molecule has 8 nitrogen and oxygen atoms in total. The molecule has 0 saturated carbocycles. The van der Waals surface area contributed by atoms with Crippen LogP contribution in [0.25, 0.3) is 0 Å². The number of β-amino-alcohol motifs (C(OH)–C–C–N with tert-alkyl or cyclic N) is 1. The lowest BCUT2D eigenvalue weighted by Gasteiger charge is -2.19. The number of hydrogen-bond donors (Lipinski definition) is 3. The van der Waals surface area contributed by atoms with E-state index in [-0.39, 0.29) is 18.0 Å². The lowest BCUT2D eigenvalue weighted by Crippen LogP contribution is -2.40. The van der Waals surface area contributed by atoms with E-state index in [4.69, 9.17) is 5.11 Å². The number of nitrogens with one attached hydrogen (secondary N) is 1. The van der Waals surface area contributed by atoms with E-state index in [2.05, 4.69) is 9.97 Å². The number of aliphatic carboxylic acids is 1. The van der Waals surface area contributed by atoms with Crippen LogP contribution in [0.2, 0.25) is 0 Å². The summed E-state index contributed by atoms with van der Waals surface area (Å²) in [7, 11) is -3.98. The summed E-state index contributed by atoms with van der Waals surface area (Å²) in [6.45, 7) is 1.59. The number of rotatable bonds is 4. The van der Waals surface area contributed by atoms with Gasteiger partial charge >= 0.3 is 5.97 Å². The third kappa shape index (κ3) is 2.48. The van der Waals surface area contributed by atoms with Crippen LogP contribution in [0.15, 0.2) is 11.2 Å². The highest BCUT2D eigenvalue weighted by Crippen LogP contribution is 2.25. The molecule has 0 aromatic carbocycles. The number of hydrogen-bond acceptors (Lipinski definition) is 5. The molecule has 0 spiro atoms. The summed E-state index contributed by atoms with van der Waals surface area (Å²) in [5, 5.41) is 18.4. The van der Waals surface area contributed by atoms with Crippen LogP contribution in [-0.2, 0) is 21.2 Å². The van der Waals surface area contributed by atoms with Crippen LogP contribution in [0.5, 0.6) is 0 Å². The molecule has 0 aliphatic carbocycles. The molecule has 2 atom stereocenters. The first kappa shape index (κ1) is 14.0. The summed E-state index contributed by atoms with van der Waals surface area (Å²) in [6, 6.07) is -1.24. The average molecular weight is 289 g/mol. The molecule has 1 fully saturated rings. The van der Waals surface area contributed by atoms with Crippen LogP contribution in [-0.4, -0.2) is 57.6 Å². The van der Waals surface area contributed by atoms with E-state index in [1.165, 1.54) is 0 Å². The van der Waals surface area contributed by atoms with Gasteiger partial charge in [0.15, 0.2) is 5.03 Å². The molecular formula is C10H15N3O5S. The van der Waals surface area contributed by atoms with Gasteiger partial charge in [-0.05, 0) is 0 Å². The number of carboxylic acid groups (broad SMARTS) is 1. The molecule has 1 aromatic heterocycles. The third-order valence-electron chi connectivity index (χ3n) is 3.05. The molecule has 0 amide bonds. The minimum Gasteiger partial charge on any atom is -0.480 e. The van der Waals surface area contributed by atoms with Crippen LogP contribution in [0.3, 0.4) is 0 Å². The van der Waals surface area contributed by atoms with Gasteiger partial charge in [0.2, 0.25) is 0 Å². The number of aliphatic hydroxyl groups is 1. The number of carboxylic acids is 1. The van der Waals surface area contributed by atoms with Gasteiger partial charge in [-0.25, -0.2) is 13.4 Å². The zero-order valence-corrected chi connectivity index (χ0v) is 11.1. The number of aromatic nitrogens is 2. The molecule has 1 unspecified atom stereocenters. The van der Waals surface area contributed by atoms with Crippen LogP contribution < -0.4 is 0 Å². The summed E-state index contributed by atoms with van der Waals surface area (Å²) in [5.74, 6) is -0.763. The second kappa shape index (κ2) is 4.91. The smallest absolute Gasteiger partial charge is 0.322 e. The molecule has 0 radical (unpaired) electrons. The number of carbonyl (C=O) groups is 1. The quantitative estimate of drug-likeness (QED) is 0.665. The Morgan fingerprint density at radius 3 is 2.84 bits per heavy atom. The first-order valence-corrected chi connectivity index (χ1v) is 7.27. The Labute approximate surface area is 110 Å². The SMILES string of the molecule is CCc1ncc(S(=O)(=O)N2CC(O)C[C@H]2C(=O)O)[nH]1. The van der Waals surface area contributed by atoms with Crippen molar-refractivity contribution in [3.8, 4) is 0 Å². The van der Waals surface area contributed by atoms with Gasteiger partial charge in [-0.15, -0.1) is 0 Å². The molecule has 3 N–H and O–H groups in total. The van der Waals surface area contributed by atoms with Gasteiger partial charge in [-0.2, -0.15) is 4.31 Å². The van der Waals surface area contributed by atoms with Crippen molar-refractivity contribution in [3.63, 3.8) is 0 Å². The maximum absolute atomic E-state index is 12.3. The van der Waals surface area contributed by atoms with Crippen molar-refractivity contribution in [1.82, 2.24) is 14.3 Å². The topological polar surface area (TPSA) is 124 Å². The normalized spacial score (nSPS) is 24.7. The maximum Gasteiger partial charge on any atom is 0.322 e. The Balaban J connectivity index is 2.35. The molecule has 106 valence electrons. The second-order valence-corrected chi connectivity index (χ2v) is 6.22. The Kier molecular flexibility index (Phi) is 3.61. The number of imidazole rings is 1. The molecular weight excluding hydrogens is 274 g/mol. The fraction of sp³-hybridized carbons (Fsp3) is 0.600. The Morgan fingerprint density at radius 1 is 1.63 bits per heavy atom. The first-order chi connectivity index (χ1) is 8.86. The number of aromatic amines is 1. The second-order valence-electron chi connectivity index (χ2n) is 4.37. The molecule has 1 aliphatic heterocycles. The van der Waals surface area contributed by atoms with E-state index >= 15 is 0 Å². The predicted octanol–water partition coefficient (Wildman–Crippen LogP) is -0.819. The molecule has 19 heavy (non-hydrogen) atoms. The summed E-state index contributed by atoms with van der Waals surface area (Å²) >= 11 is 0. The van der Waals surface area contributed by atoms with Crippen molar-refractivity contribution >= 4 is 16.0 Å². The Hall–Kier alpha value is -1.45. The van der Waals surface area contributed by atoms with Crippen LogP contribution in [0.4, 0.5) is 0 Å². The van der Waals surface area contributed by atoms with Gasteiger partial charge in [0.25, 0.3) is 10.0 Å². The number of nitrogens with zero attached hydrogens (tertiary/aromatic N) is 2. The zero-order valence-electron chi connectivity index (χ0n) is 10.3. The third-order valence-corrected chi connectivity index (χ3v) is 4.83. The highest BCUT2D eigenvalue weighted by Gasteiger charge is 2.44. The monoisotopic (exact) mass is 289 g/mol. The Bertz CT molecular complexity index is 582. The van der Waals surface area contributed by atoms with Gasteiger partial charge in [0, 0.05) is 19.4 Å². The van der Waals surface area contributed by atoms with E-state index in [1.54, 1.807) is 0 Å². The van der Waals surface area contributed by atoms with Crippen molar-refractivity contribution < 1.29 is 23.4 Å². The van der Waals surface area contributed by atoms with Crippen molar-refractivity contribution in [2.75, 3.05) is 6.54 Å². The number of aryl methyl sites for hydroxylation is 1. The minimum absolute atomic E-state index is 0.108. The van der Waals surface area contributed by atoms with Gasteiger partial charge in [0.1, 0.15) is 11.9 Å². The van der Waals surface area contributed by atoms with Crippen LogP contribution in [0.1, 0.15) is 19.2 Å². The van der Waals surface area contributed by atoms with E-state index in [0.29, 0.717) is 12.2 Å². The van der Waals surface area contributed by atoms with E-state index in [9.17, 15) is 18.3 Å². The van der Waals surface area contributed by atoms with Crippen molar-refractivity contribution in [3.05, 3.63) is 12.0 Å². The largest absolute Gasteiger partial charge is 0.480 e. The summed E-state index contributed by atoms with van der Waals surface area (Å²) < 4.78 is 25.4. The van der Waals surface area contributed by atoms with Crippen molar-refractivity contribution in [1.29, 1.82) is 0 Å². The highest BCUT2D eigenvalue weighted by atomic mass is 32.2. The molecule has 9 heteroatoms. The fourth-order valence-corrected chi connectivity index (χ4v) is 3.62. The van der Waals surface area contributed by atoms with E-state index in [1.807, 2.05) is 6.92 Å². The Morgan fingerprint density at radius 2 is 2.32 bits per heavy atom. The standard InChI is InChI=1S/C10H15N3O5S/c1-2-8-11-4-9(12-8)19(17,18)13-5-6(14)3-7(13)10(15)16/h4,6-7,14H,2-3,5H2,1H3,(H,11,12)(H,15,16)/t6?,7-/m0/s1. The maximum atomic E-state index is 12.3. The number of sulfonamides is 1. The molecule has 0 bridgehead atoms.